The number of rotatable bonds is 3. The van der Waals surface area contributed by atoms with Crippen LogP contribution in [0, 0.1) is 27.7 Å². The van der Waals surface area contributed by atoms with Crippen LogP contribution in [0.1, 0.15) is 22.3 Å². The van der Waals surface area contributed by atoms with E-state index < -0.39 is 0 Å². The highest BCUT2D eigenvalue weighted by Crippen LogP contribution is 2.37. The maximum atomic E-state index is 4.96. The number of imidazole rings is 1. The van der Waals surface area contributed by atoms with Gasteiger partial charge in [0.05, 0.1) is 5.69 Å². The summed E-state index contributed by atoms with van der Waals surface area (Å²) >= 11 is 0. The van der Waals surface area contributed by atoms with E-state index in [9.17, 15) is 0 Å². The predicted molar refractivity (Wildman–Crippen MR) is 110 cm³/mol. The molecule has 0 spiro atoms. The Kier molecular flexibility index (Phi) is 4.32. The van der Waals surface area contributed by atoms with Gasteiger partial charge < -0.3 is 0 Å². The minimum Gasteiger partial charge on any atom is -0.282 e. The van der Waals surface area contributed by atoms with Crippen molar-refractivity contribution in [3.05, 3.63) is 83.0 Å². The van der Waals surface area contributed by atoms with Gasteiger partial charge >= 0.3 is 0 Å². The number of aryl methyl sites for hydroxylation is 4. The Labute approximate surface area is 159 Å². The van der Waals surface area contributed by atoms with Gasteiger partial charge in [0, 0.05) is 11.8 Å². The van der Waals surface area contributed by atoms with E-state index in [2.05, 4.69) is 56.1 Å². The number of fused-ring (bicyclic) bond motifs is 1. The molecule has 0 atom stereocenters. The van der Waals surface area contributed by atoms with E-state index in [1.807, 2.05) is 47.0 Å². The Bertz CT molecular complexity index is 1130. The van der Waals surface area contributed by atoms with Crippen molar-refractivity contribution in [2.45, 2.75) is 27.7 Å². The Balaban J connectivity index is 1.98. The van der Waals surface area contributed by atoms with Crippen LogP contribution in [-0.4, -0.2) is 9.38 Å². The maximum Gasteiger partial charge on any atom is 0.187 e. The topological polar surface area (TPSA) is 42.0 Å². The smallest absolute Gasteiger partial charge is 0.187 e. The average Bonchev–Trinajstić information content (AvgIpc) is 3.00. The van der Waals surface area contributed by atoms with Crippen molar-refractivity contribution in [3.63, 3.8) is 0 Å². The van der Waals surface area contributed by atoms with Crippen molar-refractivity contribution in [1.82, 2.24) is 9.38 Å². The Morgan fingerprint density at radius 1 is 0.778 bits per heavy atom. The van der Waals surface area contributed by atoms with Crippen molar-refractivity contribution in [1.29, 1.82) is 0 Å². The number of nitrogens with zero attached hydrogens (tertiary/aromatic N) is 4. The lowest BCUT2D eigenvalue weighted by molar-refractivity contribution is 1.10. The third-order valence-electron chi connectivity index (χ3n) is 4.75. The summed E-state index contributed by atoms with van der Waals surface area (Å²) in [4.78, 5) is 4.96. The molecule has 134 valence electrons. The molecular weight excluding hydrogens is 332 g/mol. The molecule has 0 unspecified atom stereocenters. The standard InChI is InChI=1S/C23H22N4/c1-15-13-17(3)20(18(4)14-15)21-23(26-25-19-10-6-5-7-11-19)27-12-8-9-16(2)22(27)24-21/h5-14H,1-4H3. The van der Waals surface area contributed by atoms with Crippen LogP contribution < -0.4 is 0 Å². The molecule has 0 radical (unpaired) electrons. The third-order valence-corrected chi connectivity index (χ3v) is 4.75. The summed E-state index contributed by atoms with van der Waals surface area (Å²) in [6.45, 7) is 8.45. The third kappa shape index (κ3) is 3.14. The molecule has 0 bridgehead atoms. The lowest BCUT2D eigenvalue weighted by Gasteiger charge is -2.09. The first-order valence-corrected chi connectivity index (χ1v) is 9.07. The zero-order valence-corrected chi connectivity index (χ0v) is 16.1. The molecule has 0 fully saturated rings. The van der Waals surface area contributed by atoms with Gasteiger partial charge in [-0.2, -0.15) is 0 Å². The predicted octanol–water partition coefficient (Wildman–Crippen LogP) is 6.65. The highest BCUT2D eigenvalue weighted by Gasteiger charge is 2.18. The highest BCUT2D eigenvalue weighted by atomic mass is 15.2. The van der Waals surface area contributed by atoms with E-state index in [-0.39, 0.29) is 0 Å². The molecule has 0 aliphatic rings. The van der Waals surface area contributed by atoms with Crippen molar-refractivity contribution in [2.24, 2.45) is 10.2 Å². The molecule has 4 heteroatoms. The van der Waals surface area contributed by atoms with Crippen LogP contribution in [0.15, 0.2) is 71.0 Å². The fourth-order valence-electron chi connectivity index (χ4n) is 3.61. The highest BCUT2D eigenvalue weighted by molar-refractivity contribution is 5.79. The Hall–Kier alpha value is -3.27. The molecule has 0 amide bonds. The van der Waals surface area contributed by atoms with Gasteiger partial charge in [-0.25, -0.2) is 4.98 Å². The van der Waals surface area contributed by atoms with Crippen LogP contribution in [0.3, 0.4) is 0 Å². The summed E-state index contributed by atoms with van der Waals surface area (Å²) in [6, 6.07) is 18.3. The van der Waals surface area contributed by atoms with Gasteiger partial charge in [0.15, 0.2) is 5.82 Å². The quantitative estimate of drug-likeness (QED) is 0.380. The molecule has 2 aromatic carbocycles. The zero-order valence-electron chi connectivity index (χ0n) is 16.1. The number of hydrogen-bond acceptors (Lipinski definition) is 3. The van der Waals surface area contributed by atoms with E-state index in [0.29, 0.717) is 0 Å². The van der Waals surface area contributed by atoms with Crippen LogP contribution in [0.2, 0.25) is 0 Å². The molecule has 4 rings (SSSR count). The molecule has 0 N–H and O–H groups in total. The molecule has 4 nitrogen and oxygen atoms in total. The first kappa shape index (κ1) is 17.2. The van der Waals surface area contributed by atoms with Gasteiger partial charge in [-0.15, -0.1) is 10.2 Å². The minimum atomic E-state index is 0.757. The maximum absolute atomic E-state index is 4.96. The molecule has 4 aromatic rings. The summed E-state index contributed by atoms with van der Waals surface area (Å²) in [6.07, 6.45) is 2.00. The first-order chi connectivity index (χ1) is 13.0. The number of aromatic nitrogens is 2. The van der Waals surface area contributed by atoms with Crippen LogP contribution in [-0.2, 0) is 0 Å². The number of benzene rings is 2. The Morgan fingerprint density at radius 3 is 2.19 bits per heavy atom. The van der Waals surface area contributed by atoms with E-state index in [4.69, 9.17) is 4.98 Å². The normalized spacial score (nSPS) is 11.6. The van der Waals surface area contributed by atoms with Crippen LogP contribution >= 0.6 is 0 Å². The summed E-state index contributed by atoms with van der Waals surface area (Å²) in [5.74, 6) is 0.757. The minimum absolute atomic E-state index is 0.757. The second-order valence-electron chi connectivity index (χ2n) is 6.98. The van der Waals surface area contributed by atoms with Crippen molar-refractivity contribution < 1.29 is 0 Å². The van der Waals surface area contributed by atoms with E-state index in [0.717, 1.165) is 34.0 Å². The molecular formula is C23H22N4. The largest absolute Gasteiger partial charge is 0.282 e. The summed E-state index contributed by atoms with van der Waals surface area (Å²) < 4.78 is 2.02. The Morgan fingerprint density at radius 2 is 1.48 bits per heavy atom. The number of hydrogen-bond donors (Lipinski definition) is 0. The van der Waals surface area contributed by atoms with Gasteiger partial charge in [-0.1, -0.05) is 42.0 Å². The van der Waals surface area contributed by atoms with E-state index >= 15 is 0 Å². The first-order valence-electron chi connectivity index (χ1n) is 9.07. The molecule has 0 saturated heterocycles. The average molecular weight is 354 g/mol. The van der Waals surface area contributed by atoms with Crippen molar-refractivity contribution in [2.75, 3.05) is 0 Å². The molecule has 2 aromatic heterocycles. The number of azo groups is 1. The fraction of sp³-hybridized carbons (Fsp3) is 0.174. The molecule has 0 saturated carbocycles. The SMILES string of the molecule is Cc1cc(C)c(-c2nc3c(C)cccn3c2N=Nc2ccccc2)c(C)c1. The monoisotopic (exact) mass is 354 g/mol. The molecule has 2 heterocycles. The van der Waals surface area contributed by atoms with Gasteiger partial charge in [-0.3, -0.25) is 4.40 Å². The van der Waals surface area contributed by atoms with Gasteiger partial charge in [0.25, 0.3) is 0 Å². The van der Waals surface area contributed by atoms with Crippen molar-refractivity contribution in [3.8, 4) is 11.3 Å². The second kappa shape index (κ2) is 6.80. The lowest BCUT2D eigenvalue weighted by atomic mass is 9.97. The fourth-order valence-corrected chi connectivity index (χ4v) is 3.61. The lowest BCUT2D eigenvalue weighted by Crippen LogP contribution is -1.91. The van der Waals surface area contributed by atoms with Crippen LogP contribution in [0.5, 0.6) is 0 Å². The summed E-state index contributed by atoms with van der Waals surface area (Å²) in [7, 11) is 0. The molecule has 0 aliphatic heterocycles. The van der Waals surface area contributed by atoms with Crippen molar-refractivity contribution >= 4 is 17.2 Å². The van der Waals surface area contributed by atoms with Gasteiger partial charge in [0.2, 0.25) is 0 Å². The second-order valence-corrected chi connectivity index (χ2v) is 6.98. The summed E-state index contributed by atoms with van der Waals surface area (Å²) in [5, 5.41) is 9.07. The van der Waals surface area contributed by atoms with Crippen LogP contribution in [0.25, 0.3) is 16.9 Å². The zero-order chi connectivity index (χ0) is 19.0. The number of pyridine rings is 1. The van der Waals surface area contributed by atoms with E-state index in [1.165, 1.54) is 16.7 Å². The van der Waals surface area contributed by atoms with Gasteiger partial charge in [0.1, 0.15) is 11.3 Å². The van der Waals surface area contributed by atoms with Gasteiger partial charge in [-0.05, 0) is 62.6 Å². The van der Waals surface area contributed by atoms with Crippen LogP contribution in [0.4, 0.5) is 11.5 Å². The molecule has 0 aliphatic carbocycles. The molecule has 27 heavy (non-hydrogen) atoms. The van der Waals surface area contributed by atoms with E-state index in [1.54, 1.807) is 0 Å². The summed E-state index contributed by atoms with van der Waals surface area (Å²) in [5.41, 5.74) is 8.50.